The lowest BCUT2D eigenvalue weighted by Crippen LogP contribution is -2.34. The lowest BCUT2D eigenvalue weighted by molar-refractivity contribution is -0.126. The summed E-state index contributed by atoms with van der Waals surface area (Å²) in [4.78, 5) is 13.9. The van der Waals surface area contributed by atoms with E-state index in [0.717, 1.165) is 10.9 Å². The van der Waals surface area contributed by atoms with Crippen molar-refractivity contribution in [3.63, 3.8) is 0 Å². The molecule has 0 N–H and O–H groups in total. The Balaban J connectivity index is 2.71. The molecule has 0 unspecified atom stereocenters. The Kier molecular flexibility index (Phi) is 8.96. The number of amides is 1. The van der Waals surface area contributed by atoms with Crippen LogP contribution >= 0.6 is 15.9 Å². The molecule has 0 aliphatic rings. The van der Waals surface area contributed by atoms with Crippen molar-refractivity contribution in [2.75, 3.05) is 40.5 Å². The van der Waals surface area contributed by atoms with Crippen molar-refractivity contribution in [2.24, 2.45) is 0 Å². The van der Waals surface area contributed by atoms with Gasteiger partial charge in [0.15, 0.2) is 0 Å². The third-order valence-electron chi connectivity index (χ3n) is 3.02. The minimum absolute atomic E-state index is 0.174. The number of carbonyl (C=O) groups excluding carboxylic acids is 1. The molecular weight excluding hydrogens is 353 g/mol. The Hall–Kier alpha value is -1.24. The summed E-state index contributed by atoms with van der Waals surface area (Å²) in [5.41, 5.74) is 0.367. The van der Waals surface area contributed by atoms with Crippen molar-refractivity contribution in [1.82, 2.24) is 4.90 Å². The summed E-state index contributed by atoms with van der Waals surface area (Å²) < 4.78 is 24.4. The molecular formula is C16H21BrFNO3. The van der Waals surface area contributed by atoms with Gasteiger partial charge in [0.2, 0.25) is 5.91 Å². The van der Waals surface area contributed by atoms with Gasteiger partial charge in [0, 0.05) is 50.0 Å². The Morgan fingerprint density at radius 3 is 2.68 bits per heavy atom. The van der Waals surface area contributed by atoms with Crippen LogP contribution in [0.3, 0.4) is 0 Å². The third-order valence-corrected chi connectivity index (χ3v) is 3.51. The number of hydrogen-bond donors (Lipinski definition) is 0. The highest BCUT2D eigenvalue weighted by Crippen LogP contribution is 2.16. The Morgan fingerprint density at radius 1 is 1.27 bits per heavy atom. The van der Waals surface area contributed by atoms with Crippen LogP contribution < -0.4 is 0 Å². The monoisotopic (exact) mass is 373 g/mol. The molecule has 0 radical (unpaired) electrons. The summed E-state index contributed by atoms with van der Waals surface area (Å²) in [6.07, 6.45) is 3.61. The van der Waals surface area contributed by atoms with Crippen LogP contribution in [0.25, 0.3) is 6.08 Å². The van der Waals surface area contributed by atoms with Crippen molar-refractivity contribution < 1.29 is 18.7 Å². The van der Waals surface area contributed by atoms with Crippen LogP contribution in [-0.4, -0.2) is 51.3 Å². The standard InChI is InChI=1S/C16H21BrFNO3/c1-21-10-3-8-19(9-11-22-2)16(20)7-4-13-12-14(17)5-6-15(13)18/h4-7,12H,3,8-11H2,1-2H3/b7-4+. The minimum atomic E-state index is -0.366. The van der Waals surface area contributed by atoms with Crippen LogP contribution in [0.2, 0.25) is 0 Å². The number of halogens is 2. The molecule has 0 atom stereocenters. The zero-order valence-electron chi connectivity index (χ0n) is 12.9. The molecule has 1 amide bonds. The van der Waals surface area contributed by atoms with E-state index < -0.39 is 0 Å². The Labute approximate surface area is 139 Å². The minimum Gasteiger partial charge on any atom is -0.385 e. The van der Waals surface area contributed by atoms with E-state index in [1.54, 1.807) is 31.3 Å². The summed E-state index contributed by atoms with van der Waals surface area (Å²) in [6, 6.07) is 4.60. The maximum absolute atomic E-state index is 13.6. The van der Waals surface area contributed by atoms with Crippen molar-refractivity contribution in [3.8, 4) is 0 Å². The second-order valence-electron chi connectivity index (χ2n) is 4.66. The van der Waals surface area contributed by atoms with Gasteiger partial charge >= 0.3 is 0 Å². The van der Waals surface area contributed by atoms with E-state index >= 15 is 0 Å². The van der Waals surface area contributed by atoms with Crippen molar-refractivity contribution in [1.29, 1.82) is 0 Å². The molecule has 0 fully saturated rings. The van der Waals surface area contributed by atoms with E-state index in [1.165, 1.54) is 18.2 Å². The fourth-order valence-corrected chi connectivity index (χ4v) is 2.22. The third kappa shape index (κ3) is 6.68. The van der Waals surface area contributed by atoms with Gasteiger partial charge in [0.05, 0.1) is 6.61 Å². The molecule has 6 heteroatoms. The van der Waals surface area contributed by atoms with Gasteiger partial charge in [-0.25, -0.2) is 4.39 Å². The molecule has 0 saturated heterocycles. The van der Waals surface area contributed by atoms with Gasteiger partial charge in [0.25, 0.3) is 0 Å². The van der Waals surface area contributed by atoms with Crippen LogP contribution in [0.5, 0.6) is 0 Å². The summed E-state index contributed by atoms with van der Waals surface area (Å²) >= 11 is 3.28. The predicted octanol–water partition coefficient (Wildman–Crippen LogP) is 3.11. The smallest absolute Gasteiger partial charge is 0.246 e. The van der Waals surface area contributed by atoms with Crippen LogP contribution in [0.4, 0.5) is 4.39 Å². The number of nitrogens with zero attached hydrogens (tertiary/aromatic N) is 1. The number of carbonyl (C=O) groups is 1. The zero-order valence-corrected chi connectivity index (χ0v) is 14.4. The van der Waals surface area contributed by atoms with Gasteiger partial charge in [0.1, 0.15) is 5.82 Å². The first-order valence-electron chi connectivity index (χ1n) is 6.98. The van der Waals surface area contributed by atoms with E-state index in [4.69, 9.17) is 9.47 Å². The highest BCUT2D eigenvalue weighted by molar-refractivity contribution is 9.10. The maximum atomic E-state index is 13.6. The highest BCUT2D eigenvalue weighted by atomic mass is 79.9. The molecule has 0 bridgehead atoms. The van der Waals surface area contributed by atoms with E-state index in [9.17, 15) is 9.18 Å². The van der Waals surface area contributed by atoms with Gasteiger partial charge in [-0.05, 0) is 30.7 Å². The number of hydrogen-bond acceptors (Lipinski definition) is 3. The second-order valence-corrected chi connectivity index (χ2v) is 5.58. The quantitative estimate of drug-likeness (QED) is 0.493. The molecule has 1 aromatic carbocycles. The first kappa shape index (κ1) is 18.8. The highest BCUT2D eigenvalue weighted by Gasteiger charge is 2.10. The summed E-state index contributed by atoms with van der Waals surface area (Å²) in [5.74, 6) is -0.539. The molecule has 0 aromatic heterocycles. The van der Waals surface area contributed by atoms with Crippen LogP contribution in [0, 0.1) is 5.82 Å². The lowest BCUT2D eigenvalue weighted by atomic mass is 10.2. The van der Waals surface area contributed by atoms with Gasteiger partial charge in [-0.15, -0.1) is 0 Å². The molecule has 0 spiro atoms. The maximum Gasteiger partial charge on any atom is 0.246 e. The Bertz CT molecular complexity index is 508. The number of ether oxygens (including phenoxy) is 2. The van der Waals surface area contributed by atoms with Crippen molar-refractivity contribution in [3.05, 3.63) is 40.1 Å². The molecule has 0 heterocycles. The zero-order chi connectivity index (χ0) is 16.4. The van der Waals surface area contributed by atoms with E-state index in [2.05, 4.69) is 15.9 Å². The molecule has 1 aromatic rings. The van der Waals surface area contributed by atoms with Crippen molar-refractivity contribution >= 4 is 27.9 Å². The van der Waals surface area contributed by atoms with Crippen LogP contribution in [0.15, 0.2) is 28.7 Å². The summed E-state index contributed by atoms with van der Waals surface area (Å²) in [5, 5.41) is 0. The first-order valence-corrected chi connectivity index (χ1v) is 7.77. The van der Waals surface area contributed by atoms with Gasteiger partial charge in [-0.3, -0.25) is 4.79 Å². The summed E-state index contributed by atoms with van der Waals surface area (Å²) in [7, 11) is 3.21. The van der Waals surface area contributed by atoms with Crippen LogP contribution in [-0.2, 0) is 14.3 Å². The summed E-state index contributed by atoms with van der Waals surface area (Å²) in [6.45, 7) is 2.10. The molecule has 1 rings (SSSR count). The van der Waals surface area contributed by atoms with Crippen LogP contribution in [0.1, 0.15) is 12.0 Å². The number of rotatable bonds is 9. The molecule has 0 saturated carbocycles. The SMILES string of the molecule is COCCCN(CCOC)C(=O)/C=C/c1cc(Br)ccc1F. The molecule has 4 nitrogen and oxygen atoms in total. The molecule has 0 aliphatic carbocycles. The average molecular weight is 374 g/mol. The second kappa shape index (κ2) is 10.5. The molecule has 0 aliphatic heterocycles. The topological polar surface area (TPSA) is 38.8 Å². The first-order chi connectivity index (χ1) is 10.6. The molecule has 122 valence electrons. The van der Waals surface area contributed by atoms with E-state index in [0.29, 0.717) is 31.9 Å². The largest absolute Gasteiger partial charge is 0.385 e. The predicted molar refractivity (Wildman–Crippen MR) is 88.1 cm³/mol. The lowest BCUT2D eigenvalue weighted by Gasteiger charge is -2.20. The number of benzene rings is 1. The Morgan fingerprint density at radius 2 is 2.00 bits per heavy atom. The average Bonchev–Trinajstić information content (AvgIpc) is 2.51. The van der Waals surface area contributed by atoms with E-state index in [1.807, 2.05) is 0 Å². The van der Waals surface area contributed by atoms with E-state index in [-0.39, 0.29) is 11.7 Å². The fraction of sp³-hybridized carbons (Fsp3) is 0.438. The molecule has 22 heavy (non-hydrogen) atoms. The van der Waals surface area contributed by atoms with Crippen molar-refractivity contribution in [2.45, 2.75) is 6.42 Å². The number of methoxy groups -OCH3 is 2. The van der Waals surface area contributed by atoms with Gasteiger partial charge in [-0.1, -0.05) is 15.9 Å². The van der Waals surface area contributed by atoms with Gasteiger partial charge in [-0.2, -0.15) is 0 Å². The fourth-order valence-electron chi connectivity index (χ4n) is 1.84. The van der Waals surface area contributed by atoms with Gasteiger partial charge < -0.3 is 14.4 Å². The normalized spacial score (nSPS) is 11.1.